The van der Waals surface area contributed by atoms with Gasteiger partial charge in [-0.25, -0.2) is 19.3 Å². The summed E-state index contributed by atoms with van der Waals surface area (Å²) in [6.07, 6.45) is -2.46. The number of amides is 1. The summed E-state index contributed by atoms with van der Waals surface area (Å²) in [5.74, 6) is -0.775. The van der Waals surface area contributed by atoms with Crippen LogP contribution in [0.15, 0.2) is 73.3 Å². The summed E-state index contributed by atoms with van der Waals surface area (Å²) < 4.78 is 36.3. The Morgan fingerprint density at radius 3 is 2.17 bits per heavy atom. The third kappa shape index (κ3) is 5.44. The van der Waals surface area contributed by atoms with Crippen LogP contribution in [0.2, 0.25) is 5.04 Å². The number of benzene rings is 2. The Morgan fingerprint density at radius 1 is 1.00 bits per heavy atom. The monoisotopic (exact) mass is 591 g/mol. The first-order chi connectivity index (χ1) is 20.0. The fourth-order valence-electron chi connectivity index (χ4n) is 5.64. The Balaban J connectivity index is 1.51. The summed E-state index contributed by atoms with van der Waals surface area (Å²) in [6, 6.07) is 20.1. The zero-order valence-corrected chi connectivity index (χ0v) is 25.2. The number of carbonyl (C=O) groups is 2. The molecule has 42 heavy (non-hydrogen) atoms. The van der Waals surface area contributed by atoms with Crippen molar-refractivity contribution in [3.05, 3.63) is 73.3 Å². The van der Waals surface area contributed by atoms with E-state index in [0.717, 1.165) is 10.4 Å². The Bertz CT molecular complexity index is 1520. The molecule has 0 spiro atoms. The van der Waals surface area contributed by atoms with Crippen LogP contribution in [-0.4, -0.2) is 64.7 Å². The van der Waals surface area contributed by atoms with E-state index >= 15 is 4.39 Å². The zero-order valence-electron chi connectivity index (χ0n) is 24.2. The second-order valence-electron chi connectivity index (χ2n) is 11.3. The minimum absolute atomic E-state index is 0.0819. The Morgan fingerprint density at radius 2 is 1.62 bits per heavy atom. The average molecular weight is 592 g/mol. The fraction of sp³-hybridized carbons (Fsp3) is 0.367. The molecule has 1 saturated heterocycles. The van der Waals surface area contributed by atoms with Crippen molar-refractivity contribution in [1.82, 2.24) is 19.5 Å². The van der Waals surface area contributed by atoms with Crippen LogP contribution in [0.1, 0.15) is 40.8 Å². The molecule has 0 unspecified atom stereocenters. The Hall–Kier alpha value is -4.00. The summed E-state index contributed by atoms with van der Waals surface area (Å²) in [7, 11) is -2.99. The van der Waals surface area contributed by atoms with Crippen LogP contribution in [-0.2, 0) is 23.5 Å². The molecule has 1 aliphatic rings. The number of imidazole rings is 1. The number of esters is 1. The van der Waals surface area contributed by atoms with Gasteiger partial charge in [-0.05, 0) is 15.4 Å². The van der Waals surface area contributed by atoms with E-state index in [1.165, 1.54) is 31.1 Å². The maximum atomic E-state index is 16.2. The highest BCUT2D eigenvalue weighted by Gasteiger charge is 2.54. The number of aromatic nitrogens is 4. The number of nitrogens with one attached hydrogen (secondary N) is 1. The molecule has 0 aliphatic carbocycles. The summed E-state index contributed by atoms with van der Waals surface area (Å²) in [5, 5.41) is 4.38. The predicted octanol–water partition coefficient (Wildman–Crippen LogP) is 3.53. The van der Waals surface area contributed by atoms with Crippen LogP contribution in [0, 0.1) is 0 Å². The van der Waals surface area contributed by atoms with Crippen molar-refractivity contribution in [1.29, 1.82) is 0 Å². The third-order valence-corrected chi connectivity index (χ3v) is 12.4. The van der Waals surface area contributed by atoms with Crippen LogP contribution in [0.25, 0.3) is 11.2 Å². The zero-order chi connectivity index (χ0) is 30.1. The average Bonchev–Trinajstić information content (AvgIpc) is 3.51. The SMILES string of the molecule is CC(=O)Nc1ncnc2c1ncn2[C@@H]1O[C@H](CO[Si](c2ccccc2)(c2ccccc2)C(C)(C)C)[C@H](F)[C@@H]1OC(C)=O. The number of rotatable bonds is 8. The lowest BCUT2D eigenvalue weighted by Crippen LogP contribution is -2.67. The second kappa shape index (κ2) is 11.7. The van der Waals surface area contributed by atoms with Gasteiger partial charge in [-0.1, -0.05) is 81.4 Å². The molecule has 1 N–H and O–H groups in total. The van der Waals surface area contributed by atoms with Crippen molar-refractivity contribution >= 4 is 47.5 Å². The quantitative estimate of drug-likeness (QED) is 0.244. The maximum absolute atomic E-state index is 16.2. The third-order valence-electron chi connectivity index (χ3n) is 7.37. The number of halogens is 1. The highest BCUT2D eigenvalue weighted by atomic mass is 28.4. The van der Waals surface area contributed by atoms with E-state index in [2.05, 4.69) is 65.3 Å². The topological polar surface area (TPSA) is 117 Å². The largest absolute Gasteiger partial charge is 0.454 e. The van der Waals surface area contributed by atoms with Gasteiger partial charge in [-0.2, -0.15) is 0 Å². The molecule has 2 aromatic heterocycles. The van der Waals surface area contributed by atoms with Gasteiger partial charge in [-0.3, -0.25) is 14.2 Å². The fourth-order valence-corrected chi connectivity index (χ4v) is 10.2. The van der Waals surface area contributed by atoms with Crippen molar-refractivity contribution in [3.8, 4) is 0 Å². The maximum Gasteiger partial charge on any atom is 0.303 e. The van der Waals surface area contributed by atoms with E-state index in [1.807, 2.05) is 36.4 Å². The molecule has 220 valence electrons. The summed E-state index contributed by atoms with van der Waals surface area (Å²) in [4.78, 5) is 36.4. The van der Waals surface area contributed by atoms with E-state index in [0.29, 0.717) is 5.52 Å². The lowest BCUT2D eigenvalue weighted by molar-refractivity contribution is -0.154. The van der Waals surface area contributed by atoms with Gasteiger partial charge in [0.1, 0.15) is 12.4 Å². The number of fused-ring (bicyclic) bond motifs is 1. The molecule has 0 bridgehead atoms. The highest BCUT2D eigenvalue weighted by Crippen LogP contribution is 2.40. The number of carbonyl (C=O) groups excluding carboxylic acids is 2. The molecule has 1 fully saturated rings. The predicted molar refractivity (Wildman–Crippen MR) is 158 cm³/mol. The first kappa shape index (κ1) is 29.5. The first-order valence-corrected chi connectivity index (χ1v) is 15.6. The summed E-state index contributed by atoms with van der Waals surface area (Å²) >= 11 is 0. The van der Waals surface area contributed by atoms with Crippen molar-refractivity contribution in [2.24, 2.45) is 0 Å². The van der Waals surface area contributed by atoms with Gasteiger partial charge in [0.15, 0.2) is 35.5 Å². The lowest BCUT2D eigenvalue weighted by atomic mass is 10.1. The minimum atomic E-state index is -2.99. The van der Waals surface area contributed by atoms with Crippen LogP contribution in [0.5, 0.6) is 0 Å². The Labute approximate surface area is 244 Å². The standard InChI is InChI=1S/C30H34FN5O5Si/c1-19(37)35-27-25-28(33-17-32-27)36(18-34-25)29-26(40-20(2)38)24(31)23(41-29)16-39-42(30(3,4)5,21-12-8-6-9-13-21)22-14-10-7-11-15-22/h6-15,17-18,23-24,26,29H,16H2,1-5H3,(H,32,33,35,37)/t23-,24+,26+,29-/m1/s1. The molecule has 5 rings (SSSR count). The van der Waals surface area contributed by atoms with Crippen molar-refractivity contribution in [2.45, 2.75) is 64.3 Å². The van der Waals surface area contributed by atoms with Gasteiger partial charge in [0.25, 0.3) is 8.32 Å². The minimum Gasteiger partial charge on any atom is -0.454 e. The van der Waals surface area contributed by atoms with Crippen LogP contribution < -0.4 is 15.7 Å². The number of nitrogens with zero attached hydrogens (tertiary/aromatic N) is 4. The lowest BCUT2D eigenvalue weighted by Gasteiger charge is -2.43. The summed E-state index contributed by atoms with van der Waals surface area (Å²) in [5.41, 5.74) is 0.581. The van der Waals surface area contributed by atoms with Crippen LogP contribution >= 0.6 is 0 Å². The van der Waals surface area contributed by atoms with Gasteiger partial charge in [0.2, 0.25) is 5.91 Å². The molecule has 4 aromatic rings. The number of ether oxygens (including phenoxy) is 2. The van der Waals surface area contributed by atoms with E-state index in [4.69, 9.17) is 13.9 Å². The molecule has 2 aromatic carbocycles. The molecule has 1 aliphatic heterocycles. The first-order valence-electron chi connectivity index (χ1n) is 13.7. The molecule has 0 saturated carbocycles. The molecule has 1 amide bonds. The molecule has 12 heteroatoms. The molecular weight excluding hydrogens is 557 g/mol. The summed E-state index contributed by atoms with van der Waals surface area (Å²) in [6.45, 7) is 8.90. The smallest absolute Gasteiger partial charge is 0.303 e. The molecule has 10 nitrogen and oxygen atoms in total. The van der Waals surface area contributed by atoms with Crippen molar-refractivity contribution in [2.75, 3.05) is 11.9 Å². The number of alkyl halides is 1. The number of hydrogen-bond acceptors (Lipinski definition) is 8. The van der Waals surface area contributed by atoms with E-state index in [9.17, 15) is 9.59 Å². The van der Waals surface area contributed by atoms with Gasteiger partial charge in [0.05, 0.1) is 12.9 Å². The van der Waals surface area contributed by atoms with Crippen LogP contribution in [0.4, 0.5) is 10.2 Å². The van der Waals surface area contributed by atoms with Gasteiger partial charge >= 0.3 is 5.97 Å². The van der Waals surface area contributed by atoms with E-state index in [1.54, 1.807) is 0 Å². The normalized spacial score (nSPS) is 20.9. The van der Waals surface area contributed by atoms with Gasteiger partial charge in [0, 0.05) is 13.8 Å². The van der Waals surface area contributed by atoms with Crippen molar-refractivity contribution in [3.63, 3.8) is 0 Å². The van der Waals surface area contributed by atoms with E-state index < -0.39 is 38.9 Å². The number of hydrogen-bond donors (Lipinski definition) is 1. The van der Waals surface area contributed by atoms with Crippen LogP contribution in [0.3, 0.4) is 0 Å². The molecule has 4 atom stereocenters. The molecular formula is C30H34FN5O5Si. The van der Waals surface area contributed by atoms with Gasteiger partial charge < -0.3 is 19.2 Å². The second-order valence-corrected chi connectivity index (χ2v) is 15.6. The van der Waals surface area contributed by atoms with Gasteiger partial charge in [-0.15, -0.1) is 0 Å². The highest BCUT2D eigenvalue weighted by molar-refractivity contribution is 6.99. The molecule has 3 heterocycles. The number of anilines is 1. The van der Waals surface area contributed by atoms with E-state index in [-0.39, 0.29) is 29.0 Å². The molecule has 0 radical (unpaired) electrons. The van der Waals surface area contributed by atoms with Crippen molar-refractivity contribution < 1.29 is 27.9 Å². The Kier molecular flexibility index (Phi) is 8.22.